The first-order valence-corrected chi connectivity index (χ1v) is 10.1. The summed E-state index contributed by atoms with van der Waals surface area (Å²) >= 11 is 0. The monoisotopic (exact) mass is 352 g/mol. The van der Waals surface area contributed by atoms with Gasteiger partial charge in [-0.25, -0.2) is 0 Å². The SMILES string of the molecule is COc1ccc([C@H](CCOS(C)(=O)=O)COS(C)(=O)=O)cc1. The van der Waals surface area contributed by atoms with Gasteiger partial charge in [-0.1, -0.05) is 12.1 Å². The van der Waals surface area contributed by atoms with E-state index in [1.54, 1.807) is 31.4 Å². The van der Waals surface area contributed by atoms with E-state index in [-0.39, 0.29) is 19.1 Å². The lowest BCUT2D eigenvalue weighted by Crippen LogP contribution is -2.15. The van der Waals surface area contributed by atoms with Crippen molar-refractivity contribution in [1.82, 2.24) is 0 Å². The maximum absolute atomic E-state index is 11.1. The minimum absolute atomic E-state index is 0.0529. The van der Waals surface area contributed by atoms with Crippen LogP contribution in [0.4, 0.5) is 0 Å². The van der Waals surface area contributed by atoms with Gasteiger partial charge in [-0.3, -0.25) is 8.37 Å². The molecule has 0 fully saturated rings. The van der Waals surface area contributed by atoms with Gasteiger partial charge >= 0.3 is 0 Å². The highest BCUT2D eigenvalue weighted by atomic mass is 32.2. The summed E-state index contributed by atoms with van der Waals surface area (Å²) in [4.78, 5) is 0. The molecule has 126 valence electrons. The van der Waals surface area contributed by atoms with Gasteiger partial charge < -0.3 is 4.74 Å². The Hall–Kier alpha value is -1.16. The first-order valence-electron chi connectivity index (χ1n) is 6.43. The predicted molar refractivity (Wildman–Crippen MR) is 81.9 cm³/mol. The van der Waals surface area contributed by atoms with Crippen LogP contribution in [0.2, 0.25) is 0 Å². The number of benzene rings is 1. The van der Waals surface area contributed by atoms with E-state index in [9.17, 15) is 16.8 Å². The number of ether oxygens (including phenoxy) is 1. The van der Waals surface area contributed by atoms with E-state index in [0.29, 0.717) is 12.2 Å². The highest BCUT2D eigenvalue weighted by molar-refractivity contribution is 7.86. The maximum Gasteiger partial charge on any atom is 0.264 e. The molecule has 0 saturated carbocycles. The van der Waals surface area contributed by atoms with E-state index < -0.39 is 20.2 Å². The molecule has 0 N–H and O–H groups in total. The van der Waals surface area contributed by atoms with Crippen LogP contribution in [-0.2, 0) is 28.6 Å². The van der Waals surface area contributed by atoms with Gasteiger partial charge in [-0.05, 0) is 24.1 Å². The molecular formula is C13H20O7S2. The summed E-state index contributed by atoms with van der Waals surface area (Å²) in [6.07, 6.45) is 2.22. The van der Waals surface area contributed by atoms with Crippen molar-refractivity contribution < 1.29 is 29.9 Å². The molecule has 0 aromatic heterocycles. The summed E-state index contributed by atoms with van der Waals surface area (Å²) in [6.45, 7) is -0.138. The van der Waals surface area contributed by atoms with Gasteiger partial charge in [0.1, 0.15) is 5.75 Å². The van der Waals surface area contributed by atoms with E-state index in [0.717, 1.165) is 18.1 Å². The topological polar surface area (TPSA) is 96.0 Å². The third-order valence-corrected chi connectivity index (χ3v) is 3.99. The molecule has 1 rings (SSSR count). The smallest absolute Gasteiger partial charge is 0.264 e. The van der Waals surface area contributed by atoms with E-state index in [1.807, 2.05) is 0 Å². The lowest BCUT2D eigenvalue weighted by molar-refractivity contribution is 0.251. The van der Waals surface area contributed by atoms with E-state index in [1.165, 1.54) is 0 Å². The van der Waals surface area contributed by atoms with Gasteiger partial charge in [0.05, 0.1) is 32.8 Å². The summed E-state index contributed by atoms with van der Waals surface area (Å²) in [5.74, 6) is 0.348. The van der Waals surface area contributed by atoms with Crippen LogP contribution in [0.3, 0.4) is 0 Å². The van der Waals surface area contributed by atoms with Gasteiger partial charge in [-0.2, -0.15) is 16.8 Å². The molecule has 0 radical (unpaired) electrons. The van der Waals surface area contributed by atoms with Crippen LogP contribution < -0.4 is 4.74 Å². The Kier molecular flexibility index (Phi) is 6.79. The molecule has 0 saturated heterocycles. The van der Waals surface area contributed by atoms with Crippen molar-refractivity contribution in [3.05, 3.63) is 29.8 Å². The largest absolute Gasteiger partial charge is 0.497 e. The summed E-state index contributed by atoms with van der Waals surface area (Å²) in [5.41, 5.74) is 0.807. The van der Waals surface area contributed by atoms with E-state index in [2.05, 4.69) is 0 Å². The molecule has 0 aliphatic carbocycles. The number of hydrogen-bond donors (Lipinski definition) is 0. The fraction of sp³-hybridized carbons (Fsp3) is 0.538. The summed E-state index contributed by atoms with van der Waals surface area (Å²) in [7, 11) is -5.57. The first-order chi connectivity index (χ1) is 10.1. The Balaban J connectivity index is 2.79. The summed E-state index contributed by atoms with van der Waals surface area (Å²) in [5, 5.41) is 0. The fourth-order valence-electron chi connectivity index (χ4n) is 1.77. The Bertz CT molecular complexity index is 663. The zero-order valence-electron chi connectivity index (χ0n) is 12.7. The second-order valence-electron chi connectivity index (χ2n) is 4.77. The second kappa shape index (κ2) is 7.91. The van der Waals surface area contributed by atoms with Crippen molar-refractivity contribution in [1.29, 1.82) is 0 Å². The highest BCUT2D eigenvalue weighted by Gasteiger charge is 2.16. The first kappa shape index (κ1) is 18.9. The Morgan fingerprint density at radius 1 is 0.955 bits per heavy atom. The van der Waals surface area contributed by atoms with Crippen molar-refractivity contribution in [2.45, 2.75) is 12.3 Å². The van der Waals surface area contributed by atoms with Crippen LogP contribution in [0.1, 0.15) is 17.9 Å². The lowest BCUT2D eigenvalue weighted by atomic mass is 9.97. The molecule has 9 heteroatoms. The quantitative estimate of drug-likeness (QED) is 0.614. The summed E-state index contributed by atoms with van der Waals surface area (Å²) in [6, 6.07) is 7.02. The molecule has 1 aromatic carbocycles. The molecule has 1 aromatic rings. The van der Waals surface area contributed by atoms with Crippen LogP contribution in [0.25, 0.3) is 0 Å². The third kappa shape index (κ3) is 7.74. The average Bonchev–Trinajstić information content (AvgIpc) is 2.40. The van der Waals surface area contributed by atoms with Gasteiger partial charge in [-0.15, -0.1) is 0 Å². The highest BCUT2D eigenvalue weighted by Crippen LogP contribution is 2.23. The lowest BCUT2D eigenvalue weighted by Gasteiger charge is -2.17. The van der Waals surface area contributed by atoms with Crippen molar-refractivity contribution in [3.63, 3.8) is 0 Å². The zero-order chi connectivity index (χ0) is 16.8. The predicted octanol–water partition coefficient (Wildman–Crippen LogP) is 1.12. The number of methoxy groups -OCH3 is 1. The minimum atomic E-state index is -3.58. The fourth-order valence-corrected chi connectivity index (χ4v) is 2.58. The molecular weight excluding hydrogens is 332 g/mol. The molecule has 22 heavy (non-hydrogen) atoms. The maximum atomic E-state index is 11.1. The minimum Gasteiger partial charge on any atom is -0.497 e. The van der Waals surface area contributed by atoms with Gasteiger partial charge in [0.2, 0.25) is 0 Å². The normalized spacial score (nSPS) is 13.8. The Morgan fingerprint density at radius 3 is 1.95 bits per heavy atom. The van der Waals surface area contributed by atoms with Gasteiger partial charge in [0.25, 0.3) is 20.2 Å². The van der Waals surface area contributed by atoms with E-state index in [4.69, 9.17) is 13.1 Å². The standard InChI is InChI=1S/C13H20O7S2/c1-18-13-6-4-11(5-7-13)12(10-20-22(3,16)17)8-9-19-21(2,14)15/h4-7,12H,8-10H2,1-3H3/t12-/m1/s1. The van der Waals surface area contributed by atoms with Crippen LogP contribution in [0.5, 0.6) is 5.75 Å². The molecule has 1 atom stereocenters. The molecule has 0 aliphatic rings. The zero-order valence-corrected chi connectivity index (χ0v) is 14.3. The van der Waals surface area contributed by atoms with Crippen LogP contribution in [-0.4, -0.2) is 49.7 Å². The van der Waals surface area contributed by atoms with Crippen molar-refractivity contribution in [2.75, 3.05) is 32.8 Å². The van der Waals surface area contributed by atoms with E-state index >= 15 is 0 Å². The van der Waals surface area contributed by atoms with Gasteiger partial charge in [0, 0.05) is 5.92 Å². The van der Waals surface area contributed by atoms with Gasteiger partial charge in [0.15, 0.2) is 0 Å². The second-order valence-corrected chi connectivity index (χ2v) is 8.06. The summed E-state index contributed by atoms with van der Waals surface area (Å²) < 4.78 is 58.8. The molecule has 0 spiro atoms. The van der Waals surface area contributed by atoms with Crippen LogP contribution >= 0.6 is 0 Å². The Morgan fingerprint density at radius 2 is 1.50 bits per heavy atom. The average molecular weight is 352 g/mol. The van der Waals surface area contributed by atoms with Crippen LogP contribution in [0.15, 0.2) is 24.3 Å². The number of rotatable bonds is 9. The molecule has 7 nitrogen and oxygen atoms in total. The molecule has 0 amide bonds. The molecule has 0 bridgehead atoms. The molecule has 0 aliphatic heterocycles. The molecule has 0 unspecified atom stereocenters. The molecule has 0 heterocycles. The van der Waals surface area contributed by atoms with Crippen molar-refractivity contribution >= 4 is 20.2 Å². The van der Waals surface area contributed by atoms with Crippen molar-refractivity contribution in [2.24, 2.45) is 0 Å². The van der Waals surface area contributed by atoms with Crippen LogP contribution in [0, 0.1) is 0 Å². The van der Waals surface area contributed by atoms with Crippen molar-refractivity contribution in [3.8, 4) is 5.75 Å². The third-order valence-electron chi connectivity index (χ3n) is 2.83. The Labute approximate surface area is 131 Å². The number of hydrogen-bond acceptors (Lipinski definition) is 7.